The van der Waals surface area contributed by atoms with E-state index in [0.29, 0.717) is 31.3 Å². The van der Waals surface area contributed by atoms with Crippen molar-refractivity contribution in [3.8, 4) is 0 Å². The summed E-state index contributed by atoms with van der Waals surface area (Å²) in [7, 11) is 0. The first-order valence-electron chi connectivity index (χ1n) is 8.49. The molecule has 2 aromatic rings. The Labute approximate surface area is 146 Å². The molecule has 1 fully saturated rings. The number of aromatic amines is 1. The second-order valence-corrected chi connectivity index (χ2v) is 7.47. The van der Waals surface area contributed by atoms with E-state index in [2.05, 4.69) is 41.1 Å². The van der Waals surface area contributed by atoms with Crippen molar-refractivity contribution in [3.63, 3.8) is 0 Å². The predicted molar refractivity (Wildman–Crippen MR) is 90.0 cm³/mol. The third-order valence-electron chi connectivity index (χ3n) is 4.41. The molecule has 2 aromatic heterocycles. The van der Waals surface area contributed by atoms with Crippen LogP contribution in [-0.2, 0) is 21.4 Å². The van der Waals surface area contributed by atoms with Crippen molar-refractivity contribution in [1.29, 1.82) is 0 Å². The molecular formula is C17H25N5O3. The number of aryl methyl sites for hydroxylation is 2. The van der Waals surface area contributed by atoms with Crippen molar-refractivity contribution >= 4 is 5.91 Å². The molecule has 136 valence electrons. The van der Waals surface area contributed by atoms with E-state index in [1.165, 1.54) is 0 Å². The van der Waals surface area contributed by atoms with Crippen LogP contribution in [0.1, 0.15) is 55.5 Å². The maximum atomic E-state index is 12.7. The summed E-state index contributed by atoms with van der Waals surface area (Å²) in [5.74, 6) is 2.14. The van der Waals surface area contributed by atoms with Gasteiger partial charge in [-0.25, -0.2) is 4.98 Å². The monoisotopic (exact) mass is 347 g/mol. The molecule has 0 radical (unpaired) electrons. The lowest BCUT2D eigenvalue weighted by Gasteiger charge is -2.32. The van der Waals surface area contributed by atoms with E-state index in [4.69, 9.17) is 9.26 Å². The van der Waals surface area contributed by atoms with Gasteiger partial charge in [0.05, 0.1) is 25.3 Å². The molecule has 0 aromatic carbocycles. The summed E-state index contributed by atoms with van der Waals surface area (Å²) < 4.78 is 10.9. The Morgan fingerprint density at radius 3 is 2.72 bits per heavy atom. The number of amides is 1. The molecule has 1 N–H and O–H groups in total. The zero-order chi connectivity index (χ0) is 18.2. The minimum Gasteiger partial charge on any atom is -0.367 e. The number of carbonyl (C=O) groups excluding carboxylic acids is 1. The highest BCUT2D eigenvalue weighted by Gasteiger charge is 2.30. The Kier molecular flexibility index (Phi) is 4.64. The Balaban J connectivity index is 1.68. The van der Waals surface area contributed by atoms with Crippen molar-refractivity contribution in [2.45, 2.75) is 52.6 Å². The molecule has 8 nitrogen and oxygen atoms in total. The smallest absolute Gasteiger partial charge is 0.227 e. The van der Waals surface area contributed by atoms with E-state index >= 15 is 0 Å². The third-order valence-corrected chi connectivity index (χ3v) is 4.41. The zero-order valence-electron chi connectivity index (χ0n) is 15.4. The largest absolute Gasteiger partial charge is 0.367 e. The topological polar surface area (TPSA) is 97.1 Å². The summed E-state index contributed by atoms with van der Waals surface area (Å²) in [5, 5.41) is 11.1. The summed E-state index contributed by atoms with van der Waals surface area (Å²) in [6.07, 6.45) is 0.00308. The van der Waals surface area contributed by atoms with Crippen molar-refractivity contribution in [2.75, 3.05) is 19.7 Å². The van der Waals surface area contributed by atoms with E-state index in [9.17, 15) is 4.79 Å². The minimum atomic E-state index is -0.286. The second kappa shape index (κ2) is 6.59. The number of nitrogens with zero attached hydrogens (tertiary/aromatic N) is 4. The molecule has 0 bridgehead atoms. The summed E-state index contributed by atoms with van der Waals surface area (Å²) in [6, 6.07) is 0. The average Bonchev–Trinajstić information content (AvgIpc) is 3.17. The predicted octanol–water partition coefficient (Wildman–Crippen LogP) is 1.85. The normalized spacial score (nSPS) is 18.6. The van der Waals surface area contributed by atoms with Gasteiger partial charge in [0.15, 0.2) is 11.6 Å². The number of carbonyl (C=O) groups is 1. The number of hydrogen-bond donors (Lipinski definition) is 1. The highest BCUT2D eigenvalue weighted by Crippen LogP contribution is 2.24. The fourth-order valence-corrected chi connectivity index (χ4v) is 2.81. The van der Waals surface area contributed by atoms with Crippen LogP contribution in [0.3, 0.4) is 0 Å². The lowest BCUT2D eigenvalue weighted by atomic mass is 9.96. The summed E-state index contributed by atoms with van der Waals surface area (Å²) in [4.78, 5) is 19.0. The van der Waals surface area contributed by atoms with E-state index < -0.39 is 0 Å². The number of aromatic nitrogens is 4. The van der Waals surface area contributed by atoms with Crippen LogP contribution in [0.5, 0.6) is 0 Å². The van der Waals surface area contributed by atoms with Crippen LogP contribution in [0.4, 0.5) is 0 Å². The molecule has 8 heteroatoms. The summed E-state index contributed by atoms with van der Waals surface area (Å²) in [5.41, 5.74) is 1.49. The summed E-state index contributed by atoms with van der Waals surface area (Å²) >= 11 is 0. The number of rotatable bonds is 3. The van der Waals surface area contributed by atoms with E-state index in [1.54, 1.807) is 4.90 Å². The third kappa shape index (κ3) is 3.73. The number of hydrogen-bond acceptors (Lipinski definition) is 6. The molecular weight excluding hydrogens is 322 g/mol. The molecule has 1 aliphatic rings. The highest BCUT2D eigenvalue weighted by atomic mass is 16.5. The Morgan fingerprint density at radius 1 is 1.36 bits per heavy atom. The molecule has 0 spiro atoms. The van der Waals surface area contributed by atoms with Crippen molar-refractivity contribution in [2.24, 2.45) is 0 Å². The molecule has 3 rings (SSSR count). The SMILES string of the molecule is Cc1noc(C)c1CC(=O)N1CCO[C@@H](c2nc(C(C)(C)C)n[nH]2)C1. The highest BCUT2D eigenvalue weighted by molar-refractivity contribution is 5.79. The second-order valence-electron chi connectivity index (χ2n) is 7.47. The van der Waals surface area contributed by atoms with Crippen LogP contribution in [-0.4, -0.2) is 50.8 Å². The maximum absolute atomic E-state index is 12.7. The molecule has 1 atom stereocenters. The van der Waals surface area contributed by atoms with Crippen molar-refractivity contribution in [3.05, 3.63) is 28.7 Å². The van der Waals surface area contributed by atoms with Crippen LogP contribution in [0.15, 0.2) is 4.52 Å². The molecule has 0 saturated carbocycles. The number of ether oxygens (including phenoxy) is 1. The standard InChI is InChI=1S/C17H25N5O3/c1-10-12(11(2)25-21-10)8-14(23)22-6-7-24-13(9-22)15-18-16(20-19-15)17(3,4)5/h13H,6-9H2,1-5H3,(H,18,19,20)/t13-/m1/s1. The first-order valence-corrected chi connectivity index (χ1v) is 8.49. The van der Waals surface area contributed by atoms with Crippen LogP contribution in [0, 0.1) is 13.8 Å². The molecule has 0 unspecified atom stereocenters. The molecule has 1 saturated heterocycles. The number of H-pyrrole nitrogens is 1. The Morgan fingerprint density at radius 2 is 2.12 bits per heavy atom. The molecule has 0 aliphatic carbocycles. The van der Waals surface area contributed by atoms with Crippen LogP contribution in [0.25, 0.3) is 0 Å². The maximum Gasteiger partial charge on any atom is 0.227 e. The first-order chi connectivity index (χ1) is 11.8. The quantitative estimate of drug-likeness (QED) is 0.910. The van der Waals surface area contributed by atoms with Gasteiger partial charge in [-0.1, -0.05) is 25.9 Å². The van der Waals surface area contributed by atoms with Gasteiger partial charge in [-0.05, 0) is 13.8 Å². The lowest BCUT2D eigenvalue weighted by molar-refractivity contribution is -0.138. The molecule has 3 heterocycles. The van der Waals surface area contributed by atoms with Gasteiger partial charge < -0.3 is 14.2 Å². The van der Waals surface area contributed by atoms with Crippen LogP contribution in [0.2, 0.25) is 0 Å². The first kappa shape index (κ1) is 17.6. The summed E-state index contributed by atoms with van der Waals surface area (Å²) in [6.45, 7) is 11.4. The lowest BCUT2D eigenvalue weighted by Crippen LogP contribution is -2.43. The van der Waals surface area contributed by atoms with Gasteiger partial charge in [-0.2, -0.15) is 5.10 Å². The van der Waals surface area contributed by atoms with Crippen molar-refractivity contribution < 1.29 is 14.1 Å². The molecule has 1 aliphatic heterocycles. The fraction of sp³-hybridized carbons (Fsp3) is 0.647. The van der Waals surface area contributed by atoms with Gasteiger partial charge in [0, 0.05) is 17.5 Å². The van der Waals surface area contributed by atoms with Crippen LogP contribution >= 0.6 is 0 Å². The fourth-order valence-electron chi connectivity index (χ4n) is 2.81. The van der Waals surface area contributed by atoms with Gasteiger partial charge in [0.2, 0.25) is 5.91 Å². The number of morpholine rings is 1. The number of nitrogens with one attached hydrogen (secondary N) is 1. The zero-order valence-corrected chi connectivity index (χ0v) is 15.4. The van der Waals surface area contributed by atoms with Crippen LogP contribution < -0.4 is 0 Å². The van der Waals surface area contributed by atoms with E-state index in [0.717, 1.165) is 17.1 Å². The molecule has 25 heavy (non-hydrogen) atoms. The van der Waals surface area contributed by atoms with Gasteiger partial charge in [0.25, 0.3) is 0 Å². The van der Waals surface area contributed by atoms with Gasteiger partial charge >= 0.3 is 0 Å². The molecule has 1 amide bonds. The van der Waals surface area contributed by atoms with Gasteiger partial charge in [0.1, 0.15) is 11.9 Å². The van der Waals surface area contributed by atoms with E-state index in [1.807, 2.05) is 13.8 Å². The minimum absolute atomic E-state index is 0.0401. The van der Waals surface area contributed by atoms with Gasteiger partial charge in [-0.3, -0.25) is 9.89 Å². The van der Waals surface area contributed by atoms with E-state index in [-0.39, 0.29) is 23.8 Å². The Hall–Kier alpha value is -2.22. The van der Waals surface area contributed by atoms with Crippen molar-refractivity contribution in [1.82, 2.24) is 25.2 Å². The van der Waals surface area contributed by atoms with Gasteiger partial charge in [-0.15, -0.1) is 0 Å². The Bertz CT molecular complexity index is 739. The average molecular weight is 347 g/mol.